The molecule has 0 unspecified atom stereocenters. The molecule has 0 saturated heterocycles. The van der Waals surface area contributed by atoms with Crippen molar-refractivity contribution in [2.45, 2.75) is 69.3 Å². The summed E-state index contributed by atoms with van der Waals surface area (Å²) in [5.41, 5.74) is 3.10. The van der Waals surface area contributed by atoms with Crippen LogP contribution in [0.1, 0.15) is 73.6 Å². The normalized spacial score (nSPS) is 27.2. The van der Waals surface area contributed by atoms with Crippen molar-refractivity contribution in [2.75, 3.05) is 6.61 Å². The lowest BCUT2D eigenvalue weighted by Crippen LogP contribution is -2.46. The van der Waals surface area contributed by atoms with Gasteiger partial charge in [-0.05, 0) is 68.9 Å². The summed E-state index contributed by atoms with van der Waals surface area (Å²) in [6.07, 6.45) is 11.6. The fourth-order valence-electron chi connectivity index (χ4n) is 5.70. The van der Waals surface area contributed by atoms with E-state index >= 15 is 0 Å². The van der Waals surface area contributed by atoms with Gasteiger partial charge in [-0.15, -0.1) is 11.3 Å². The Morgan fingerprint density at radius 1 is 1.06 bits per heavy atom. The molecular formula is C25H26Cl2N2O2S. The largest absolute Gasteiger partial charge is 0.376 e. The summed E-state index contributed by atoms with van der Waals surface area (Å²) < 4.78 is 12.2. The van der Waals surface area contributed by atoms with Gasteiger partial charge in [0.2, 0.25) is 0 Å². The van der Waals surface area contributed by atoms with Gasteiger partial charge < -0.3 is 9.26 Å². The highest BCUT2D eigenvalue weighted by atomic mass is 35.5. The minimum Gasteiger partial charge on any atom is -0.376 e. The zero-order chi connectivity index (χ0) is 21.8. The second-order valence-electron chi connectivity index (χ2n) is 9.86. The Hall–Kier alpha value is -1.40. The SMILES string of the molecule is Clc1cccc(Cl)c1-c1noc(C2CC2)c1COCC12CCC(c3nccs3)(CC1)CC2. The molecule has 0 spiro atoms. The van der Waals surface area contributed by atoms with Gasteiger partial charge in [0, 0.05) is 34.0 Å². The third-order valence-electron chi connectivity index (χ3n) is 7.91. The molecule has 4 saturated carbocycles. The highest BCUT2D eigenvalue weighted by Crippen LogP contribution is 2.58. The molecule has 0 amide bonds. The van der Waals surface area contributed by atoms with E-state index in [2.05, 4.69) is 15.5 Å². The molecule has 3 aromatic rings. The van der Waals surface area contributed by atoms with Crippen molar-refractivity contribution >= 4 is 34.5 Å². The zero-order valence-electron chi connectivity index (χ0n) is 17.9. The van der Waals surface area contributed by atoms with Crippen LogP contribution in [0, 0.1) is 5.41 Å². The van der Waals surface area contributed by atoms with Crippen molar-refractivity contribution in [1.82, 2.24) is 10.1 Å². The fourth-order valence-corrected chi connectivity index (χ4v) is 7.21. The van der Waals surface area contributed by atoms with Crippen molar-refractivity contribution in [3.8, 4) is 11.3 Å². The summed E-state index contributed by atoms with van der Waals surface area (Å²) in [6.45, 7) is 1.28. The lowest BCUT2D eigenvalue weighted by molar-refractivity contribution is -0.0434. The van der Waals surface area contributed by atoms with E-state index < -0.39 is 0 Å². The summed E-state index contributed by atoms with van der Waals surface area (Å²) in [4.78, 5) is 4.66. The molecule has 7 heteroatoms. The molecule has 2 aromatic heterocycles. The first-order valence-corrected chi connectivity index (χ1v) is 13.1. The second kappa shape index (κ2) is 8.12. The molecule has 4 fully saturated rings. The molecule has 2 bridgehead atoms. The van der Waals surface area contributed by atoms with E-state index in [1.165, 1.54) is 43.5 Å². The van der Waals surface area contributed by atoms with E-state index in [1.54, 1.807) is 0 Å². The predicted octanol–water partition coefficient (Wildman–Crippen LogP) is 7.79. The molecule has 32 heavy (non-hydrogen) atoms. The van der Waals surface area contributed by atoms with E-state index in [-0.39, 0.29) is 5.41 Å². The number of hydrogen-bond donors (Lipinski definition) is 0. The van der Waals surface area contributed by atoms with Gasteiger partial charge in [0.25, 0.3) is 0 Å². The van der Waals surface area contributed by atoms with Crippen molar-refractivity contribution in [1.29, 1.82) is 0 Å². The summed E-state index contributed by atoms with van der Waals surface area (Å²) >= 11 is 14.8. The first-order chi connectivity index (χ1) is 15.6. The first-order valence-electron chi connectivity index (χ1n) is 11.5. The number of fused-ring (bicyclic) bond motifs is 3. The number of ether oxygens (including phenoxy) is 1. The van der Waals surface area contributed by atoms with E-state index in [9.17, 15) is 0 Å². The quantitative estimate of drug-likeness (QED) is 0.340. The van der Waals surface area contributed by atoms with Crippen LogP contribution in [0.3, 0.4) is 0 Å². The van der Waals surface area contributed by atoms with Gasteiger partial charge in [-0.1, -0.05) is 34.4 Å². The molecule has 4 nitrogen and oxygen atoms in total. The van der Waals surface area contributed by atoms with Crippen molar-refractivity contribution in [3.63, 3.8) is 0 Å². The third-order valence-corrected chi connectivity index (χ3v) is 9.56. The minimum absolute atomic E-state index is 0.290. The lowest BCUT2D eigenvalue weighted by Gasteiger charge is -2.52. The third kappa shape index (κ3) is 3.62. The first kappa shape index (κ1) is 21.2. The second-order valence-corrected chi connectivity index (χ2v) is 11.6. The smallest absolute Gasteiger partial charge is 0.145 e. The lowest BCUT2D eigenvalue weighted by atomic mass is 9.54. The van der Waals surface area contributed by atoms with Gasteiger partial charge in [-0.2, -0.15) is 0 Å². The van der Waals surface area contributed by atoms with Crippen molar-refractivity contribution in [3.05, 3.63) is 56.2 Å². The van der Waals surface area contributed by atoms with Gasteiger partial charge in [-0.25, -0.2) is 4.98 Å². The zero-order valence-corrected chi connectivity index (χ0v) is 20.2. The molecule has 0 radical (unpaired) electrons. The number of halogens is 2. The van der Waals surface area contributed by atoms with Crippen molar-refractivity contribution < 1.29 is 9.26 Å². The summed E-state index contributed by atoms with van der Waals surface area (Å²) in [5, 5.41) is 9.02. The average molecular weight is 489 g/mol. The molecule has 168 valence electrons. The number of nitrogens with zero attached hydrogens (tertiary/aromatic N) is 2. The average Bonchev–Trinajstić information content (AvgIpc) is 3.32. The van der Waals surface area contributed by atoms with E-state index in [0.717, 1.165) is 42.0 Å². The van der Waals surface area contributed by atoms with Crippen molar-refractivity contribution in [2.24, 2.45) is 5.41 Å². The van der Waals surface area contributed by atoms with Gasteiger partial charge in [-0.3, -0.25) is 0 Å². The van der Waals surface area contributed by atoms with Gasteiger partial charge in [0.15, 0.2) is 0 Å². The van der Waals surface area contributed by atoms with Crippen LogP contribution in [-0.2, 0) is 16.8 Å². The van der Waals surface area contributed by atoms with Gasteiger partial charge >= 0.3 is 0 Å². The fraction of sp³-hybridized carbons (Fsp3) is 0.520. The highest BCUT2D eigenvalue weighted by Gasteiger charge is 2.50. The Labute approximate surface area is 202 Å². The Morgan fingerprint density at radius 2 is 1.78 bits per heavy atom. The molecule has 0 N–H and O–H groups in total. The molecule has 7 rings (SSSR count). The number of rotatable bonds is 7. The van der Waals surface area contributed by atoms with Crippen LogP contribution in [0.25, 0.3) is 11.3 Å². The molecule has 2 heterocycles. The van der Waals surface area contributed by atoms with Crippen LogP contribution in [0.4, 0.5) is 0 Å². The molecule has 0 aliphatic heterocycles. The molecule has 4 aliphatic carbocycles. The summed E-state index contributed by atoms with van der Waals surface area (Å²) in [6, 6.07) is 5.54. The molecule has 1 aromatic carbocycles. The minimum atomic E-state index is 0.290. The molecular weight excluding hydrogens is 463 g/mol. The maximum absolute atomic E-state index is 6.49. The molecule has 0 atom stereocenters. The van der Waals surface area contributed by atoms with E-state index in [4.69, 9.17) is 32.5 Å². The molecule has 4 aliphatic rings. The maximum atomic E-state index is 6.49. The van der Waals surface area contributed by atoms with Crippen LogP contribution in [0.2, 0.25) is 10.0 Å². The van der Waals surface area contributed by atoms with E-state index in [0.29, 0.717) is 28.0 Å². The standard InChI is InChI=1S/C25H26Cl2N2O2S/c26-18-2-1-3-19(27)20(18)21-17(22(31-29-21)16-4-5-16)14-30-15-24-6-9-25(10-7-24,11-8-24)23-28-12-13-32-23/h1-3,12-13,16H,4-11,14-15H2. The topological polar surface area (TPSA) is 48.2 Å². The van der Waals surface area contributed by atoms with Crippen LogP contribution < -0.4 is 0 Å². The van der Waals surface area contributed by atoms with Crippen LogP contribution >= 0.6 is 34.5 Å². The Bertz CT molecular complexity index is 1080. The highest BCUT2D eigenvalue weighted by molar-refractivity contribution is 7.09. The maximum Gasteiger partial charge on any atom is 0.145 e. The number of benzene rings is 1. The van der Waals surface area contributed by atoms with Gasteiger partial charge in [0.1, 0.15) is 11.5 Å². The van der Waals surface area contributed by atoms with Gasteiger partial charge in [0.05, 0.1) is 28.3 Å². The Morgan fingerprint density at radius 3 is 2.41 bits per heavy atom. The van der Waals surface area contributed by atoms with Crippen LogP contribution in [-0.4, -0.2) is 16.7 Å². The summed E-state index contributed by atoms with van der Waals surface area (Å²) in [7, 11) is 0. The number of hydrogen-bond acceptors (Lipinski definition) is 5. The summed E-state index contributed by atoms with van der Waals surface area (Å²) in [5.74, 6) is 1.39. The van der Waals surface area contributed by atoms with E-state index in [1.807, 2.05) is 35.7 Å². The van der Waals surface area contributed by atoms with Crippen LogP contribution in [0.15, 0.2) is 34.3 Å². The Balaban J connectivity index is 1.19. The van der Waals surface area contributed by atoms with Crippen LogP contribution in [0.5, 0.6) is 0 Å². The Kier molecular flexibility index (Phi) is 5.37. The predicted molar refractivity (Wildman–Crippen MR) is 128 cm³/mol. The monoisotopic (exact) mass is 488 g/mol. The number of aromatic nitrogens is 2. The number of thiazole rings is 1.